The SMILES string of the molecule is C1CCC(CCc2nnc(CCNC3CC3)o2)OC1. The molecule has 2 aliphatic rings. The van der Waals surface area contributed by atoms with Crippen LogP contribution in [0.2, 0.25) is 0 Å². The highest BCUT2D eigenvalue weighted by Gasteiger charge is 2.20. The molecule has 1 aromatic heterocycles. The standard InChI is InChI=1S/C14H23N3O2/c1-2-10-18-12(3-1)6-7-13-16-17-14(19-13)8-9-15-11-4-5-11/h11-12,15H,1-10H2. The fraction of sp³-hybridized carbons (Fsp3) is 0.857. The van der Waals surface area contributed by atoms with Crippen LogP contribution < -0.4 is 5.32 Å². The van der Waals surface area contributed by atoms with Crippen molar-refractivity contribution in [2.45, 2.75) is 63.5 Å². The normalized spacial score (nSPS) is 23.7. The highest BCUT2D eigenvalue weighted by Crippen LogP contribution is 2.19. The Morgan fingerprint density at radius 1 is 1.05 bits per heavy atom. The highest BCUT2D eigenvalue weighted by atomic mass is 16.5. The molecule has 19 heavy (non-hydrogen) atoms. The fourth-order valence-electron chi connectivity index (χ4n) is 2.48. The molecule has 1 aliphatic heterocycles. The summed E-state index contributed by atoms with van der Waals surface area (Å²) in [6.45, 7) is 1.85. The van der Waals surface area contributed by atoms with Crippen LogP contribution in [-0.2, 0) is 17.6 Å². The summed E-state index contributed by atoms with van der Waals surface area (Å²) in [5.74, 6) is 1.52. The minimum Gasteiger partial charge on any atom is -0.425 e. The summed E-state index contributed by atoms with van der Waals surface area (Å²) < 4.78 is 11.4. The van der Waals surface area contributed by atoms with Crippen LogP contribution in [0.1, 0.15) is 50.3 Å². The smallest absolute Gasteiger partial charge is 0.217 e. The maximum Gasteiger partial charge on any atom is 0.217 e. The number of rotatable bonds is 7. The number of aryl methyl sites for hydroxylation is 1. The van der Waals surface area contributed by atoms with Gasteiger partial charge in [-0.25, -0.2) is 0 Å². The summed E-state index contributed by atoms with van der Waals surface area (Å²) >= 11 is 0. The first kappa shape index (κ1) is 13.1. The van der Waals surface area contributed by atoms with Gasteiger partial charge in [0, 0.05) is 32.0 Å². The molecule has 0 bridgehead atoms. The number of nitrogens with zero attached hydrogens (tertiary/aromatic N) is 2. The molecule has 2 heterocycles. The number of aromatic nitrogens is 2. The van der Waals surface area contributed by atoms with Crippen molar-refractivity contribution in [3.8, 4) is 0 Å². The van der Waals surface area contributed by atoms with Crippen LogP contribution in [-0.4, -0.2) is 35.5 Å². The predicted molar refractivity (Wildman–Crippen MR) is 70.9 cm³/mol. The van der Waals surface area contributed by atoms with Gasteiger partial charge < -0.3 is 14.5 Å². The van der Waals surface area contributed by atoms with Crippen LogP contribution in [0.4, 0.5) is 0 Å². The van der Waals surface area contributed by atoms with Gasteiger partial charge in [0.25, 0.3) is 0 Å². The lowest BCUT2D eigenvalue weighted by atomic mass is 10.0. The molecule has 1 aromatic rings. The fourth-order valence-corrected chi connectivity index (χ4v) is 2.48. The van der Waals surface area contributed by atoms with Gasteiger partial charge in [0.1, 0.15) is 0 Å². The van der Waals surface area contributed by atoms with E-state index < -0.39 is 0 Å². The zero-order chi connectivity index (χ0) is 12.9. The molecule has 3 rings (SSSR count). The molecule has 0 radical (unpaired) electrons. The largest absolute Gasteiger partial charge is 0.425 e. The van der Waals surface area contributed by atoms with Crippen molar-refractivity contribution >= 4 is 0 Å². The second-order valence-electron chi connectivity index (χ2n) is 5.60. The Balaban J connectivity index is 1.36. The molecule has 0 spiro atoms. The summed E-state index contributed by atoms with van der Waals surface area (Å²) in [6, 6.07) is 0.742. The number of nitrogens with one attached hydrogen (secondary N) is 1. The quantitative estimate of drug-likeness (QED) is 0.815. The minimum atomic E-state index is 0.389. The Morgan fingerprint density at radius 2 is 1.89 bits per heavy atom. The van der Waals surface area contributed by atoms with E-state index in [1.54, 1.807) is 0 Å². The van der Waals surface area contributed by atoms with Crippen LogP contribution in [0.5, 0.6) is 0 Å². The zero-order valence-corrected chi connectivity index (χ0v) is 11.4. The van der Waals surface area contributed by atoms with E-state index in [1.165, 1.54) is 32.1 Å². The monoisotopic (exact) mass is 265 g/mol. The van der Waals surface area contributed by atoms with Crippen molar-refractivity contribution in [3.63, 3.8) is 0 Å². The van der Waals surface area contributed by atoms with E-state index >= 15 is 0 Å². The Hall–Kier alpha value is -0.940. The van der Waals surface area contributed by atoms with Gasteiger partial charge in [-0.3, -0.25) is 0 Å². The Morgan fingerprint density at radius 3 is 2.63 bits per heavy atom. The first-order chi connectivity index (χ1) is 9.40. The summed E-state index contributed by atoms with van der Waals surface area (Å²) in [7, 11) is 0. The first-order valence-corrected chi connectivity index (χ1v) is 7.56. The van der Waals surface area contributed by atoms with E-state index in [1.807, 2.05) is 0 Å². The minimum absolute atomic E-state index is 0.389. The van der Waals surface area contributed by atoms with Gasteiger partial charge in [-0.2, -0.15) is 0 Å². The number of ether oxygens (including phenoxy) is 1. The molecule has 106 valence electrons. The number of hydrogen-bond donors (Lipinski definition) is 1. The van der Waals surface area contributed by atoms with Crippen molar-refractivity contribution in [2.75, 3.05) is 13.2 Å². The first-order valence-electron chi connectivity index (χ1n) is 7.56. The molecular weight excluding hydrogens is 242 g/mol. The van der Waals surface area contributed by atoms with Crippen LogP contribution >= 0.6 is 0 Å². The molecule has 5 nitrogen and oxygen atoms in total. The lowest BCUT2D eigenvalue weighted by molar-refractivity contribution is 0.0105. The van der Waals surface area contributed by atoms with Crippen molar-refractivity contribution in [1.82, 2.24) is 15.5 Å². The molecule has 5 heteroatoms. The second-order valence-corrected chi connectivity index (χ2v) is 5.60. The molecule has 1 unspecified atom stereocenters. The summed E-state index contributed by atoms with van der Waals surface area (Å²) in [6.07, 6.45) is 9.36. The van der Waals surface area contributed by atoms with E-state index in [9.17, 15) is 0 Å². The van der Waals surface area contributed by atoms with E-state index in [4.69, 9.17) is 9.15 Å². The van der Waals surface area contributed by atoms with Gasteiger partial charge in [0.05, 0.1) is 6.10 Å². The van der Waals surface area contributed by atoms with Gasteiger partial charge in [0.2, 0.25) is 11.8 Å². The van der Waals surface area contributed by atoms with E-state index in [-0.39, 0.29) is 0 Å². The van der Waals surface area contributed by atoms with Crippen LogP contribution in [0.25, 0.3) is 0 Å². The summed E-state index contributed by atoms with van der Waals surface area (Å²) in [5.41, 5.74) is 0. The third-order valence-electron chi connectivity index (χ3n) is 3.81. The average Bonchev–Trinajstić information content (AvgIpc) is 3.16. The lowest BCUT2D eigenvalue weighted by Gasteiger charge is -2.21. The molecule has 1 aliphatic carbocycles. The van der Waals surface area contributed by atoms with Gasteiger partial charge in [-0.05, 0) is 38.5 Å². The van der Waals surface area contributed by atoms with Gasteiger partial charge in [0.15, 0.2) is 0 Å². The van der Waals surface area contributed by atoms with Crippen LogP contribution in [0.3, 0.4) is 0 Å². The topological polar surface area (TPSA) is 60.2 Å². The lowest BCUT2D eigenvalue weighted by Crippen LogP contribution is -2.19. The molecule has 0 aromatic carbocycles. The van der Waals surface area contributed by atoms with Crippen molar-refractivity contribution in [3.05, 3.63) is 11.8 Å². The maximum absolute atomic E-state index is 5.70. The summed E-state index contributed by atoms with van der Waals surface area (Å²) in [5, 5.41) is 11.7. The zero-order valence-electron chi connectivity index (χ0n) is 11.4. The van der Waals surface area contributed by atoms with Crippen molar-refractivity contribution in [2.24, 2.45) is 0 Å². The molecule has 2 fully saturated rings. The van der Waals surface area contributed by atoms with Crippen molar-refractivity contribution < 1.29 is 9.15 Å². The Kier molecular flexibility index (Phi) is 4.45. The second kappa shape index (κ2) is 6.48. The van der Waals surface area contributed by atoms with Crippen molar-refractivity contribution in [1.29, 1.82) is 0 Å². The number of hydrogen-bond acceptors (Lipinski definition) is 5. The van der Waals surface area contributed by atoms with Crippen LogP contribution in [0, 0.1) is 0 Å². The third-order valence-corrected chi connectivity index (χ3v) is 3.81. The van der Waals surface area contributed by atoms with E-state index in [2.05, 4.69) is 15.5 Å². The molecule has 0 amide bonds. The Labute approximate surface area is 114 Å². The average molecular weight is 265 g/mol. The molecule has 1 atom stereocenters. The maximum atomic E-state index is 5.70. The third kappa shape index (κ3) is 4.28. The van der Waals surface area contributed by atoms with E-state index in [0.29, 0.717) is 6.10 Å². The van der Waals surface area contributed by atoms with Gasteiger partial charge >= 0.3 is 0 Å². The molecule has 1 N–H and O–H groups in total. The van der Waals surface area contributed by atoms with Crippen LogP contribution in [0.15, 0.2) is 4.42 Å². The predicted octanol–water partition coefficient (Wildman–Crippen LogP) is 1.87. The highest BCUT2D eigenvalue weighted by molar-refractivity contribution is 4.86. The van der Waals surface area contributed by atoms with Gasteiger partial charge in [-0.15, -0.1) is 10.2 Å². The van der Waals surface area contributed by atoms with Gasteiger partial charge in [-0.1, -0.05) is 0 Å². The Bertz CT molecular complexity index is 384. The molecule has 1 saturated carbocycles. The molecular formula is C14H23N3O2. The summed E-state index contributed by atoms with van der Waals surface area (Å²) in [4.78, 5) is 0. The molecule has 1 saturated heterocycles. The van der Waals surface area contributed by atoms with E-state index in [0.717, 1.165) is 50.2 Å².